The molecule has 2 aliphatic rings. The molecule has 1 N–H and O–H groups in total. The average molecular weight is 408 g/mol. The predicted molar refractivity (Wildman–Crippen MR) is 111 cm³/mol. The lowest BCUT2D eigenvalue weighted by molar-refractivity contribution is -0.125. The number of nitrogens with one attached hydrogen (secondary N) is 1. The van der Waals surface area contributed by atoms with Crippen LogP contribution in [0.1, 0.15) is 42.5 Å². The molecule has 1 saturated heterocycles. The summed E-state index contributed by atoms with van der Waals surface area (Å²) >= 11 is 1.70. The first kappa shape index (κ1) is 21.1. The Balaban J connectivity index is 1.80. The Morgan fingerprint density at radius 3 is 2.68 bits per heavy atom. The van der Waals surface area contributed by atoms with Crippen LogP contribution in [0.4, 0.5) is 4.39 Å². The molecule has 1 aliphatic carbocycles. The van der Waals surface area contributed by atoms with Crippen LogP contribution in [0, 0.1) is 11.7 Å². The van der Waals surface area contributed by atoms with Crippen molar-refractivity contribution < 1.29 is 14.0 Å². The highest BCUT2D eigenvalue weighted by Crippen LogP contribution is 2.41. The molecule has 5 nitrogen and oxygen atoms in total. The molecule has 2 amide bonds. The third-order valence-corrected chi connectivity index (χ3v) is 7.02. The summed E-state index contributed by atoms with van der Waals surface area (Å²) in [4.78, 5) is 29.9. The topological polar surface area (TPSA) is 52.7 Å². The lowest BCUT2D eigenvalue weighted by atomic mass is 9.88. The molecule has 2 fully saturated rings. The monoisotopic (exact) mass is 407 g/mol. The van der Waals surface area contributed by atoms with Crippen molar-refractivity contribution in [2.45, 2.75) is 43.5 Å². The number of rotatable bonds is 6. The molecule has 1 aliphatic heterocycles. The van der Waals surface area contributed by atoms with Gasteiger partial charge in [0.05, 0.1) is 5.37 Å². The zero-order valence-electron chi connectivity index (χ0n) is 16.7. The lowest BCUT2D eigenvalue weighted by Crippen LogP contribution is -2.52. The standard InChI is InChI=1S/C21H30FN3O2S/c1-24(2)12-11-23-19(26)18-14-28-21(15-7-4-3-5-8-15)25(18)20(27)16-9-6-10-17(22)13-16/h6,9-10,13,15,18,21H,3-5,7-8,11-12,14H2,1-2H3,(H,23,26)/t18-,21+/m1/s1. The van der Waals surface area contributed by atoms with E-state index in [0.29, 0.717) is 23.8 Å². The summed E-state index contributed by atoms with van der Waals surface area (Å²) in [5.74, 6) is 0.204. The summed E-state index contributed by atoms with van der Waals surface area (Å²) in [6.45, 7) is 1.29. The maximum Gasteiger partial charge on any atom is 0.255 e. The molecule has 2 atom stereocenters. The number of likely N-dealkylation sites (N-methyl/N-ethyl adjacent to an activating group) is 1. The van der Waals surface area contributed by atoms with Gasteiger partial charge in [-0.25, -0.2) is 4.39 Å². The van der Waals surface area contributed by atoms with Gasteiger partial charge in [0.2, 0.25) is 5.91 Å². The first-order valence-corrected chi connectivity index (χ1v) is 11.1. The highest BCUT2D eigenvalue weighted by Gasteiger charge is 2.45. The van der Waals surface area contributed by atoms with Gasteiger partial charge in [0, 0.05) is 24.4 Å². The smallest absolute Gasteiger partial charge is 0.255 e. The third-order valence-electron chi connectivity index (χ3n) is 5.55. The number of amides is 2. The van der Waals surface area contributed by atoms with Crippen molar-refractivity contribution in [3.05, 3.63) is 35.6 Å². The fourth-order valence-electron chi connectivity index (χ4n) is 4.06. The highest BCUT2D eigenvalue weighted by atomic mass is 32.2. The Morgan fingerprint density at radius 1 is 1.25 bits per heavy atom. The van der Waals surface area contributed by atoms with Gasteiger partial charge in [-0.2, -0.15) is 0 Å². The number of hydrogen-bond acceptors (Lipinski definition) is 4. The normalized spacial score (nSPS) is 23.2. The van der Waals surface area contributed by atoms with E-state index in [9.17, 15) is 14.0 Å². The number of benzene rings is 1. The van der Waals surface area contributed by atoms with E-state index in [-0.39, 0.29) is 17.2 Å². The van der Waals surface area contributed by atoms with Crippen LogP contribution in [0.25, 0.3) is 0 Å². The molecule has 154 valence electrons. The first-order chi connectivity index (χ1) is 13.5. The van der Waals surface area contributed by atoms with Crippen molar-refractivity contribution in [1.29, 1.82) is 0 Å². The minimum absolute atomic E-state index is 0.0133. The van der Waals surface area contributed by atoms with Gasteiger partial charge in [0.15, 0.2) is 0 Å². The Labute approximate surface area is 171 Å². The molecule has 3 rings (SSSR count). The van der Waals surface area contributed by atoms with E-state index in [0.717, 1.165) is 19.4 Å². The molecule has 28 heavy (non-hydrogen) atoms. The van der Waals surface area contributed by atoms with Crippen LogP contribution in [0.5, 0.6) is 0 Å². The van der Waals surface area contributed by atoms with E-state index in [1.807, 2.05) is 19.0 Å². The minimum atomic E-state index is -0.505. The highest BCUT2D eigenvalue weighted by molar-refractivity contribution is 8.00. The number of thioether (sulfide) groups is 1. The molecule has 0 radical (unpaired) electrons. The van der Waals surface area contributed by atoms with Crippen LogP contribution in [0.3, 0.4) is 0 Å². The average Bonchev–Trinajstić information content (AvgIpc) is 3.13. The summed E-state index contributed by atoms with van der Waals surface area (Å²) in [6.07, 6.45) is 5.74. The Kier molecular flexibility index (Phi) is 7.35. The minimum Gasteiger partial charge on any atom is -0.353 e. The number of halogens is 1. The molecule has 0 spiro atoms. The number of hydrogen-bond donors (Lipinski definition) is 1. The van der Waals surface area contributed by atoms with E-state index in [1.54, 1.807) is 28.8 Å². The molecule has 1 saturated carbocycles. The Hall–Kier alpha value is -1.60. The lowest BCUT2D eigenvalue weighted by Gasteiger charge is -2.35. The van der Waals surface area contributed by atoms with Gasteiger partial charge in [-0.3, -0.25) is 9.59 Å². The van der Waals surface area contributed by atoms with Gasteiger partial charge in [-0.15, -0.1) is 11.8 Å². The van der Waals surface area contributed by atoms with Gasteiger partial charge in [0.25, 0.3) is 5.91 Å². The number of nitrogens with zero attached hydrogens (tertiary/aromatic N) is 2. The van der Waals surface area contributed by atoms with Gasteiger partial charge in [-0.1, -0.05) is 25.3 Å². The summed E-state index contributed by atoms with van der Waals surface area (Å²) < 4.78 is 13.7. The van der Waals surface area contributed by atoms with Crippen LogP contribution in [0.2, 0.25) is 0 Å². The van der Waals surface area contributed by atoms with Gasteiger partial charge >= 0.3 is 0 Å². The molecule has 1 aromatic carbocycles. The van der Waals surface area contributed by atoms with Crippen LogP contribution in [-0.4, -0.2) is 66.0 Å². The fourth-order valence-corrected chi connectivity index (χ4v) is 5.70. The Bertz CT molecular complexity index is 694. The SMILES string of the molecule is CN(C)CCNC(=O)[C@H]1CS[C@@H](C2CCCCC2)N1C(=O)c1cccc(F)c1. The van der Waals surface area contributed by atoms with Gasteiger partial charge < -0.3 is 15.1 Å². The van der Waals surface area contributed by atoms with Crippen molar-refractivity contribution in [1.82, 2.24) is 15.1 Å². The molecule has 0 bridgehead atoms. The largest absolute Gasteiger partial charge is 0.353 e. The van der Waals surface area contributed by atoms with E-state index in [1.165, 1.54) is 31.4 Å². The maximum atomic E-state index is 13.7. The molecular weight excluding hydrogens is 377 g/mol. The first-order valence-electron chi connectivity index (χ1n) is 10.1. The molecular formula is C21H30FN3O2S. The predicted octanol–water partition coefficient (Wildman–Crippen LogP) is 2.97. The van der Waals surface area contributed by atoms with Crippen LogP contribution >= 0.6 is 11.8 Å². The second-order valence-electron chi connectivity index (χ2n) is 7.95. The summed E-state index contributed by atoms with van der Waals surface area (Å²) in [5.41, 5.74) is 0.314. The van der Waals surface area contributed by atoms with E-state index >= 15 is 0 Å². The second-order valence-corrected chi connectivity index (χ2v) is 9.10. The quantitative estimate of drug-likeness (QED) is 0.788. The molecule has 1 aromatic rings. The molecule has 7 heteroatoms. The summed E-state index contributed by atoms with van der Waals surface area (Å²) in [5, 5.41) is 2.95. The van der Waals surface area contributed by atoms with Crippen molar-refractivity contribution >= 4 is 23.6 Å². The second kappa shape index (κ2) is 9.74. The molecule has 0 aromatic heterocycles. The summed E-state index contributed by atoms with van der Waals surface area (Å²) in [6, 6.07) is 5.28. The van der Waals surface area contributed by atoms with Crippen molar-refractivity contribution in [3.8, 4) is 0 Å². The number of carbonyl (C=O) groups is 2. The van der Waals surface area contributed by atoms with E-state index in [2.05, 4.69) is 5.32 Å². The van der Waals surface area contributed by atoms with E-state index in [4.69, 9.17) is 0 Å². The van der Waals surface area contributed by atoms with Gasteiger partial charge in [0.1, 0.15) is 11.9 Å². The Morgan fingerprint density at radius 2 is 2.00 bits per heavy atom. The zero-order chi connectivity index (χ0) is 20.1. The molecule has 1 heterocycles. The number of carbonyl (C=O) groups excluding carboxylic acids is 2. The van der Waals surface area contributed by atoms with Gasteiger partial charge in [-0.05, 0) is 51.1 Å². The van der Waals surface area contributed by atoms with E-state index < -0.39 is 11.9 Å². The van der Waals surface area contributed by atoms with Crippen molar-refractivity contribution in [2.75, 3.05) is 32.9 Å². The van der Waals surface area contributed by atoms with Crippen molar-refractivity contribution in [3.63, 3.8) is 0 Å². The fraction of sp³-hybridized carbons (Fsp3) is 0.619. The van der Waals surface area contributed by atoms with Crippen molar-refractivity contribution in [2.24, 2.45) is 5.92 Å². The van der Waals surface area contributed by atoms with Crippen LogP contribution in [-0.2, 0) is 4.79 Å². The summed E-state index contributed by atoms with van der Waals surface area (Å²) in [7, 11) is 3.91. The van der Waals surface area contributed by atoms with Crippen LogP contribution < -0.4 is 5.32 Å². The molecule has 0 unspecified atom stereocenters. The maximum absolute atomic E-state index is 13.7. The van der Waals surface area contributed by atoms with Crippen LogP contribution in [0.15, 0.2) is 24.3 Å². The third kappa shape index (κ3) is 5.06. The zero-order valence-corrected chi connectivity index (χ0v) is 17.5.